The van der Waals surface area contributed by atoms with Crippen LogP contribution in [0.25, 0.3) is 0 Å². The molecule has 0 radical (unpaired) electrons. The molecule has 2 heterocycles. The Morgan fingerprint density at radius 1 is 1.33 bits per heavy atom. The van der Waals surface area contributed by atoms with Crippen molar-refractivity contribution >= 4 is 6.03 Å². The Morgan fingerprint density at radius 3 is 2.95 bits per heavy atom. The third-order valence-corrected chi connectivity index (χ3v) is 3.65. The highest BCUT2D eigenvalue weighted by Gasteiger charge is 2.20. The number of rotatable bonds is 3. The van der Waals surface area contributed by atoms with E-state index in [4.69, 9.17) is 0 Å². The van der Waals surface area contributed by atoms with Crippen molar-refractivity contribution in [2.45, 2.75) is 32.0 Å². The molecule has 0 saturated heterocycles. The molecule has 110 valence electrons. The van der Waals surface area contributed by atoms with E-state index in [-0.39, 0.29) is 17.9 Å². The Kier molecular flexibility index (Phi) is 3.85. The molecule has 2 amide bonds. The largest absolute Gasteiger partial charge is 0.335 e. The number of hydrogen-bond donors (Lipinski definition) is 2. The highest BCUT2D eigenvalue weighted by Crippen LogP contribution is 2.13. The van der Waals surface area contributed by atoms with Gasteiger partial charge in [0.25, 0.3) is 0 Å². The Labute approximate surface area is 122 Å². The van der Waals surface area contributed by atoms with Gasteiger partial charge in [-0.15, -0.1) is 0 Å². The standard InChI is InChI=1S/C15H17FN4O/c16-12-3-1-11(2-4-12)10-17-15(21)19-13-6-8-20-14(9-13)5-7-18-20/h1-5,7,13H,6,8-10H2,(H2,17,19,21)/t13-/m1/s1. The molecule has 1 aromatic carbocycles. The van der Waals surface area contributed by atoms with E-state index < -0.39 is 0 Å². The summed E-state index contributed by atoms with van der Waals surface area (Å²) < 4.78 is 14.7. The van der Waals surface area contributed by atoms with E-state index in [2.05, 4.69) is 15.7 Å². The SMILES string of the molecule is O=C(NCc1ccc(F)cc1)N[C@@H]1CCn2nccc2C1. The van der Waals surface area contributed by atoms with Crippen molar-refractivity contribution < 1.29 is 9.18 Å². The summed E-state index contributed by atoms with van der Waals surface area (Å²) in [4.78, 5) is 11.9. The van der Waals surface area contributed by atoms with E-state index in [0.29, 0.717) is 6.54 Å². The summed E-state index contributed by atoms with van der Waals surface area (Å²) in [6, 6.07) is 8.00. The van der Waals surface area contributed by atoms with Gasteiger partial charge in [0.2, 0.25) is 0 Å². The highest BCUT2D eigenvalue weighted by atomic mass is 19.1. The average Bonchev–Trinajstić information content (AvgIpc) is 2.94. The third kappa shape index (κ3) is 3.39. The molecule has 1 aliphatic heterocycles. The van der Waals surface area contributed by atoms with Crippen molar-refractivity contribution in [3.63, 3.8) is 0 Å². The number of halogens is 1. The zero-order valence-corrected chi connectivity index (χ0v) is 11.6. The number of carbonyl (C=O) groups excluding carboxylic acids is 1. The summed E-state index contributed by atoms with van der Waals surface area (Å²) in [6.45, 7) is 1.21. The fraction of sp³-hybridized carbons (Fsp3) is 0.333. The fourth-order valence-corrected chi connectivity index (χ4v) is 2.51. The van der Waals surface area contributed by atoms with Crippen molar-refractivity contribution in [3.8, 4) is 0 Å². The maximum absolute atomic E-state index is 12.8. The summed E-state index contributed by atoms with van der Waals surface area (Å²) in [7, 11) is 0. The van der Waals surface area contributed by atoms with E-state index in [1.807, 2.05) is 10.7 Å². The van der Waals surface area contributed by atoms with E-state index in [0.717, 1.165) is 30.6 Å². The number of urea groups is 1. The van der Waals surface area contributed by atoms with Gasteiger partial charge in [0, 0.05) is 37.4 Å². The van der Waals surface area contributed by atoms with E-state index >= 15 is 0 Å². The summed E-state index contributed by atoms with van der Waals surface area (Å²) >= 11 is 0. The van der Waals surface area contributed by atoms with E-state index in [9.17, 15) is 9.18 Å². The van der Waals surface area contributed by atoms with Crippen LogP contribution in [0, 0.1) is 5.82 Å². The number of nitrogens with zero attached hydrogens (tertiary/aromatic N) is 2. The van der Waals surface area contributed by atoms with Crippen LogP contribution in [0.3, 0.4) is 0 Å². The molecular weight excluding hydrogens is 271 g/mol. The first-order chi connectivity index (χ1) is 10.2. The molecule has 0 saturated carbocycles. The topological polar surface area (TPSA) is 59.0 Å². The zero-order chi connectivity index (χ0) is 14.7. The third-order valence-electron chi connectivity index (χ3n) is 3.65. The molecule has 0 unspecified atom stereocenters. The molecular formula is C15H17FN4O. The quantitative estimate of drug-likeness (QED) is 0.905. The second kappa shape index (κ2) is 5.95. The predicted molar refractivity (Wildman–Crippen MR) is 76.1 cm³/mol. The monoisotopic (exact) mass is 288 g/mol. The van der Waals surface area contributed by atoms with Crippen LogP contribution in [0.1, 0.15) is 17.7 Å². The number of amides is 2. The van der Waals surface area contributed by atoms with Gasteiger partial charge in [0.15, 0.2) is 0 Å². The van der Waals surface area contributed by atoms with Crippen LogP contribution < -0.4 is 10.6 Å². The molecule has 3 rings (SSSR count). The maximum Gasteiger partial charge on any atom is 0.315 e. The first-order valence-electron chi connectivity index (χ1n) is 7.00. The van der Waals surface area contributed by atoms with Crippen molar-refractivity contribution in [2.24, 2.45) is 0 Å². The van der Waals surface area contributed by atoms with Gasteiger partial charge in [-0.05, 0) is 30.2 Å². The molecule has 0 spiro atoms. The molecule has 6 heteroatoms. The number of hydrogen-bond acceptors (Lipinski definition) is 2. The maximum atomic E-state index is 12.8. The highest BCUT2D eigenvalue weighted by molar-refractivity contribution is 5.74. The van der Waals surface area contributed by atoms with E-state index in [1.54, 1.807) is 18.3 Å². The van der Waals surface area contributed by atoms with Gasteiger partial charge in [-0.3, -0.25) is 4.68 Å². The van der Waals surface area contributed by atoms with Crippen LogP contribution in [-0.2, 0) is 19.5 Å². The zero-order valence-electron chi connectivity index (χ0n) is 11.6. The minimum Gasteiger partial charge on any atom is -0.335 e. The Morgan fingerprint density at radius 2 is 2.14 bits per heavy atom. The summed E-state index contributed by atoms with van der Waals surface area (Å²) in [6.07, 6.45) is 3.45. The minimum absolute atomic E-state index is 0.127. The lowest BCUT2D eigenvalue weighted by Gasteiger charge is -2.24. The molecule has 1 aromatic heterocycles. The molecule has 2 N–H and O–H groups in total. The Hall–Kier alpha value is -2.37. The van der Waals surface area contributed by atoms with Crippen molar-refractivity contribution in [2.75, 3.05) is 0 Å². The van der Waals surface area contributed by atoms with Gasteiger partial charge >= 0.3 is 6.03 Å². The lowest BCUT2D eigenvalue weighted by Crippen LogP contribution is -2.45. The predicted octanol–water partition coefficient (Wildman–Crippen LogP) is 1.84. The number of aryl methyl sites for hydroxylation is 1. The number of aromatic nitrogens is 2. The molecule has 0 bridgehead atoms. The molecule has 0 fully saturated rings. The Balaban J connectivity index is 1.47. The molecule has 2 aromatic rings. The summed E-state index contributed by atoms with van der Waals surface area (Å²) in [5, 5.41) is 9.97. The van der Waals surface area contributed by atoms with Crippen molar-refractivity contribution in [1.29, 1.82) is 0 Å². The first-order valence-corrected chi connectivity index (χ1v) is 7.00. The van der Waals surface area contributed by atoms with Crippen LogP contribution in [0.4, 0.5) is 9.18 Å². The summed E-state index contributed by atoms with van der Waals surface area (Å²) in [5.74, 6) is -0.276. The van der Waals surface area contributed by atoms with Gasteiger partial charge in [0.05, 0.1) is 0 Å². The van der Waals surface area contributed by atoms with Crippen LogP contribution in [0.2, 0.25) is 0 Å². The van der Waals surface area contributed by atoms with Crippen molar-refractivity contribution in [3.05, 3.63) is 53.6 Å². The fourth-order valence-electron chi connectivity index (χ4n) is 2.51. The average molecular weight is 288 g/mol. The Bertz CT molecular complexity index is 623. The molecule has 1 aliphatic rings. The lowest BCUT2D eigenvalue weighted by atomic mass is 10.0. The lowest BCUT2D eigenvalue weighted by molar-refractivity contribution is 0.233. The van der Waals surface area contributed by atoms with Gasteiger partial charge < -0.3 is 10.6 Å². The molecule has 0 aliphatic carbocycles. The van der Waals surface area contributed by atoms with Crippen LogP contribution in [0.5, 0.6) is 0 Å². The molecule has 21 heavy (non-hydrogen) atoms. The van der Waals surface area contributed by atoms with Crippen molar-refractivity contribution in [1.82, 2.24) is 20.4 Å². The summed E-state index contributed by atoms with van der Waals surface area (Å²) in [5.41, 5.74) is 2.01. The molecule has 5 nitrogen and oxygen atoms in total. The number of benzene rings is 1. The van der Waals surface area contributed by atoms with Gasteiger partial charge in [0.1, 0.15) is 5.82 Å². The van der Waals surface area contributed by atoms with Gasteiger partial charge in [-0.1, -0.05) is 12.1 Å². The van der Waals surface area contributed by atoms with E-state index in [1.165, 1.54) is 12.1 Å². The van der Waals surface area contributed by atoms with Gasteiger partial charge in [-0.2, -0.15) is 5.10 Å². The normalized spacial score (nSPS) is 17.1. The first kappa shape index (κ1) is 13.6. The van der Waals surface area contributed by atoms with Gasteiger partial charge in [-0.25, -0.2) is 9.18 Å². The second-order valence-electron chi connectivity index (χ2n) is 5.19. The minimum atomic E-state index is -0.276. The molecule has 1 atom stereocenters. The second-order valence-corrected chi connectivity index (χ2v) is 5.19. The van der Waals surface area contributed by atoms with Crippen LogP contribution >= 0.6 is 0 Å². The van der Waals surface area contributed by atoms with Crippen LogP contribution in [-0.4, -0.2) is 21.9 Å². The smallest absolute Gasteiger partial charge is 0.315 e. The number of carbonyl (C=O) groups is 1. The number of nitrogens with one attached hydrogen (secondary N) is 2. The number of fused-ring (bicyclic) bond motifs is 1. The van der Waals surface area contributed by atoms with Crippen LogP contribution in [0.15, 0.2) is 36.5 Å².